The Morgan fingerprint density at radius 2 is 2.30 bits per heavy atom. The molecule has 0 aromatic heterocycles. The average Bonchev–Trinajstić information content (AvgIpc) is 2.45. The zero-order chi connectivity index (χ0) is 14.5. The molecule has 0 saturated carbocycles. The van der Waals surface area contributed by atoms with Crippen molar-refractivity contribution < 1.29 is 14.3 Å². The van der Waals surface area contributed by atoms with Gasteiger partial charge in [0, 0.05) is 13.1 Å². The van der Waals surface area contributed by atoms with E-state index in [0.717, 1.165) is 11.3 Å². The van der Waals surface area contributed by atoms with Crippen LogP contribution in [0.25, 0.3) is 0 Å². The lowest BCUT2D eigenvalue weighted by Gasteiger charge is -2.27. The van der Waals surface area contributed by atoms with Gasteiger partial charge in [-0.2, -0.15) is 0 Å². The summed E-state index contributed by atoms with van der Waals surface area (Å²) in [7, 11) is 1.59. The van der Waals surface area contributed by atoms with Crippen molar-refractivity contribution in [2.45, 2.75) is 6.92 Å². The normalized spacial score (nSPS) is 14.7. The summed E-state index contributed by atoms with van der Waals surface area (Å²) in [6.07, 6.45) is 0. The first-order chi connectivity index (χ1) is 9.60. The molecule has 0 atom stereocenters. The highest BCUT2D eigenvalue weighted by molar-refractivity contribution is 5.88. The molecule has 0 unspecified atom stereocenters. The monoisotopic (exact) mass is 277 g/mol. The van der Waals surface area contributed by atoms with Crippen LogP contribution in [-0.2, 0) is 9.59 Å². The first-order valence-corrected chi connectivity index (χ1v) is 6.53. The number of aryl methyl sites for hydroxylation is 1. The molecule has 1 aliphatic rings. The van der Waals surface area contributed by atoms with E-state index in [1.165, 1.54) is 0 Å². The van der Waals surface area contributed by atoms with Crippen LogP contribution in [0.2, 0.25) is 0 Å². The van der Waals surface area contributed by atoms with Crippen LogP contribution >= 0.6 is 0 Å². The van der Waals surface area contributed by atoms with Crippen LogP contribution in [0.4, 0.5) is 5.69 Å². The highest BCUT2D eigenvalue weighted by atomic mass is 16.5. The minimum absolute atomic E-state index is 0.0941. The van der Waals surface area contributed by atoms with E-state index in [0.29, 0.717) is 18.8 Å². The molecule has 108 valence electrons. The predicted molar refractivity (Wildman–Crippen MR) is 75.8 cm³/mol. The summed E-state index contributed by atoms with van der Waals surface area (Å²) in [4.78, 5) is 24.8. The Morgan fingerprint density at radius 3 is 3.00 bits per heavy atom. The molecule has 0 radical (unpaired) electrons. The third kappa shape index (κ3) is 3.40. The quantitative estimate of drug-likeness (QED) is 0.834. The lowest BCUT2D eigenvalue weighted by molar-refractivity contribution is -0.136. The number of ether oxygens (including phenoxy) is 1. The Kier molecular flexibility index (Phi) is 4.45. The van der Waals surface area contributed by atoms with Gasteiger partial charge in [-0.3, -0.25) is 9.59 Å². The van der Waals surface area contributed by atoms with Crippen LogP contribution in [0, 0.1) is 6.92 Å². The fourth-order valence-electron chi connectivity index (χ4n) is 2.09. The van der Waals surface area contributed by atoms with Gasteiger partial charge in [0.25, 0.3) is 0 Å². The van der Waals surface area contributed by atoms with Gasteiger partial charge in [0.15, 0.2) is 0 Å². The summed E-state index contributed by atoms with van der Waals surface area (Å²) in [5.74, 6) is 0.487. The van der Waals surface area contributed by atoms with Crippen molar-refractivity contribution in [3.8, 4) is 5.75 Å². The molecule has 1 fully saturated rings. The van der Waals surface area contributed by atoms with E-state index >= 15 is 0 Å². The maximum absolute atomic E-state index is 12.0. The third-order valence-corrected chi connectivity index (χ3v) is 3.18. The van der Waals surface area contributed by atoms with Gasteiger partial charge >= 0.3 is 0 Å². The Balaban J connectivity index is 1.96. The number of nitrogens with one attached hydrogen (secondary N) is 2. The van der Waals surface area contributed by atoms with E-state index < -0.39 is 0 Å². The number of carbonyl (C=O) groups is 2. The van der Waals surface area contributed by atoms with Gasteiger partial charge in [0.1, 0.15) is 5.75 Å². The zero-order valence-electron chi connectivity index (χ0n) is 11.7. The van der Waals surface area contributed by atoms with Gasteiger partial charge < -0.3 is 20.3 Å². The van der Waals surface area contributed by atoms with Crippen molar-refractivity contribution in [2.24, 2.45) is 0 Å². The van der Waals surface area contributed by atoms with Crippen LogP contribution in [0.3, 0.4) is 0 Å². The lowest BCUT2D eigenvalue weighted by atomic mass is 10.2. The molecule has 6 nitrogen and oxygen atoms in total. The van der Waals surface area contributed by atoms with E-state index in [9.17, 15) is 9.59 Å². The number of carbonyl (C=O) groups excluding carboxylic acids is 2. The Morgan fingerprint density at radius 1 is 1.50 bits per heavy atom. The molecular formula is C14H19N3O3. The molecule has 1 aromatic carbocycles. The van der Waals surface area contributed by atoms with Crippen molar-refractivity contribution >= 4 is 17.5 Å². The smallest absolute Gasteiger partial charge is 0.242 e. The van der Waals surface area contributed by atoms with Crippen LogP contribution in [0.15, 0.2) is 18.2 Å². The van der Waals surface area contributed by atoms with Gasteiger partial charge in [0.05, 0.1) is 25.9 Å². The summed E-state index contributed by atoms with van der Waals surface area (Å²) >= 11 is 0. The number of methoxy groups -OCH3 is 1. The molecule has 20 heavy (non-hydrogen) atoms. The van der Waals surface area contributed by atoms with Gasteiger partial charge in [-0.15, -0.1) is 0 Å². The summed E-state index contributed by atoms with van der Waals surface area (Å²) in [6.45, 7) is 3.31. The van der Waals surface area contributed by atoms with Crippen LogP contribution < -0.4 is 15.4 Å². The number of amides is 2. The molecule has 0 bridgehead atoms. The second-order valence-corrected chi connectivity index (χ2v) is 4.72. The second-order valence-electron chi connectivity index (χ2n) is 4.72. The number of anilines is 1. The van der Waals surface area contributed by atoms with E-state index in [1.54, 1.807) is 12.0 Å². The first kappa shape index (κ1) is 14.2. The molecular weight excluding hydrogens is 258 g/mol. The molecule has 2 N–H and O–H groups in total. The van der Waals surface area contributed by atoms with Crippen molar-refractivity contribution in [1.82, 2.24) is 10.2 Å². The number of rotatable bonds is 4. The SMILES string of the molecule is COc1ccc(C)cc1NCC(=O)N1CCNC(=O)C1. The van der Waals surface area contributed by atoms with Gasteiger partial charge in [-0.1, -0.05) is 6.07 Å². The summed E-state index contributed by atoms with van der Waals surface area (Å²) < 4.78 is 5.24. The molecule has 1 aromatic rings. The molecule has 1 saturated heterocycles. The van der Waals surface area contributed by atoms with Crippen molar-refractivity contribution in [1.29, 1.82) is 0 Å². The number of piperazine rings is 1. The van der Waals surface area contributed by atoms with Crippen molar-refractivity contribution in [3.05, 3.63) is 23.8 Å². The number of hydrogen-bond donors (Lipinski definition) is 2. The number of hydrogen-bond acceptors (Lipinski definition) is 4. The molecule has 2 rings (SSSR count). The molecule has 1 aliphatic heterocycles. The first-order valence-electron chi connectivity index (χ1n) is 6.53. The highest BCUT2D eigenvalue weighted by Crippen LogP contribution is 2.24. The fraction of sp³-hybridized carbons (Fsp3) is 0.429. The number of benzene rings is 1. The van der Waals surface area contributed by atoms with Gasteiger partial charge in [-0.25, -0.2) is 0 Å². The maximum Gasteiger partial charge on any atom is 0.242 e. The molecule has 0 aliphatic carbocycles. The van der Waals surface area contributed by atoms with Crippen molar-refractivity contribution in [3.63, 3.8) is 0 Å². The van der Waals surface area contributed by atoms with E-state index in [4.69, 9.17) is 4.74 Å². The maximum atomic E-state index is 12.0. The predicted octanol–water partition coefficient (Wildman–Crippen LogP) is 0.374. The van der Waals surface area contributed by atoms with Crippen LogP contribution in [0.5, 0.6) is 5.75 Å². The second kappa shape index (κ2) is 6.27. The summed E-state index contributed by atoms with van der Waals surface area (Å²) in [5, 5.41) is 5.76. The molecule has 0 spiro atoms. The summed E-state index contributed by atoms with van der Waals surface area (Å²) in [6, 6.07) is 5.73. The minimum atomic E-state index is -0.113. The summed E-state index contributed by atoms with van der Waals surface area (Å²) in [5.41, 5.74) is 1.86. The minimum Gasteiger partial charge on any atom is -0.495 e. The standard InChI is InChI=1S/C14H19N3O3/c1-10-3-4-12(20-2)11(7-10)16-8-14(19)17-6-5-15-13(18)9-17/h3-4,7,16H,5-6,8-9H2,1-2H3,(H,15,18). The highest BCUT2D eigenvalue weighted by Gasteiger charge is 2.20. The zero-order valence-corrected chi connectivity index (χ0v) is 11.7. The Hall–Kier alpha value is -2.24. The number of nitrogens with zero attached hydrogens (tertiary/aromatic N) is 1. The average molecular weight is 277 g/mol. The van der Waals surface area contributed by atoms with Crippen LogP contribution in [0.1, 0.15) is 5.56 Å². The topological polar surface area (TPSA) is 70.7 Å². The molecule has 6 heteroatoms. The van der Waals surface area contributed by atoms with Crippen molar-refractivity contribution in [2.75, 3.05) is 38.6 Å². The third-order valence-electron chi connectivity index (χ3n) is 3.18. The lowest BCUT2D eigenvalue weighted by Crippen LogP contribution is -2.51. The van der Waals surface area contributed by atoms with E-state index in [-0.39, 0.29) is 24.9 Å². The Labute approximate surface area is 118 Å². The Bertz CT molecular complexity index is 516. The molecule has 1 heterocycles. The van der Waals surface area contributed by atoms with Gasteiger partial charge in [-0.05, 0) is 24.6 Å². The van der Waals surface area contributed by atoms with E-state index in [1.807, 2.05) is 25.1 Å². The fourth-order valence-corrected chi connectivity index (χ4v) is 2.09. The van der Waals surface area contributed by atoms with E-state index in [2.05, 4.69) is 10.6 Å². The van der Waals surface area contributed by atoms with Gasteiger partial charge in [0.2, 0.25) is 11.8 Å². The van der Waals surface area contributed by atoms with Crippen LogP contribution in [-0.4, -0.2) is 50.0 Å². The largest absolute Gasteiger partial charge is 0.495 e. The molecule has 2 amide bonds.